The highest BCUT2D eigenvalue weighted by atomic mass is 16.5. The molecule has 0 spiro atoms. The first-order valence-corrected chi connectivity index (χ1v) is 8.56. The number of anilines is 1. The topological polar surface area (TPSA) is 77.4 Å². The number of likely N-dealkylation sites (N-methyl/N-ethyl adjacent to an activating group) is 1. The van der Waals surface area contributed by atoms with E-state index in [2.05, 4.69) is 36.2 Å². The van der Waals surface area contributed by atoms with Crippen LogP contribution in [0.5, 0.6) is 5.75 Å². The molecule has 0 saturated heterocycles. The van der Waals surface area contributed by atoms with Crippen LogP contribution in [-0.2, 0) is 6.42 Å². The van der Waals surface area contributed by atoms with Crippen LogP contribution in [0.3, 0.4) is 0 Å². The minimum atomic E-state index is 0.525. The van der Waals surface area contributed by atoms with Crippen molar-refractivity contribution in [3.05, 3.63) is 35.7 Å². The third-order valence-electron chi connectivity index (χ3n) is 3.87. The van der Waals surface area contributed by atoms with Crippen LogP contribution in [-0.4, -0.2) is 36.9 Å². The van der Waals surface area contributed by atoms with Gasteiger partial charge in [-0.1, -0.05) is 31.1 Å². The van der Waals surface area contributed by atoms with E-state index in [-0.39, 0.29) is 0 Å². The first-order valence-electron chi connectivity index (χ1n) is 8.56. The van der Waals surface area contributed by atoms with Crippen LogP contribution in [0.25, 0.3) is 0 Å². The van der Waals surface area contributed by atoms with Crippen molar-refractivity contribution in [1.82, 2.24) is 10.2 Å². The third-order valence-corrected chi connectivity index (χ3v) is 3.87. The predicted octanol–water partition coefficient (Wildman–Crippen LogP) is 2.99. The molecule has 1 aromatic carbocycles. The molecule has 0 atom stereocenters. The Morgan fingerprint density at radius 2 is 1.92 bits per heavy atom. The van der Waals surface area contributed by atoms with Crippen molar-refractivity contribution in [2.75, 3.05) is 31.6 Å². The lowest BCUT2D eigenvalue weighted by Gasteiger charge is -2.14. The Hall–Kier alpha value is -2.08. The van der Waals surface area contributed by atoms with Crippen LogP contribution < -0.4 is 15.4 Å². The zero-order valence-corrected chi connectivity index (χ0v) is 14.9. The van der Waals surface area contributed by atoms with Gasteiger partial charge in [-0.3, -0.25) is 0 Å². The number of rotatable bonds is 10. The summed E-state index contributed by atoms with van der Waals surface area (Å²) in [5.41, 5.74) is 6.80. The molecule has 24 heavy (non-hydrogen) atoms. The van der Waals surface area contributed by atoms with E-state index in [0.717, 1.165) is 25.0 Å². The summed E-state index contributed by atoms with van der Waals surface area (Å²) in [4.78, 5) is 1.90. The van der Waals surface area contributed by atoms with Gasteiger partial charge in [0.2, 0.25) is 5.89 Å². The van der Waals surface area contributed by atoms with Crippen molar-refractivity contribution in [3.8, 4) is 5.75 Å². The molecule has 1 aromatic heterocycles. The van der Waals surface area contributed by atoms with Crippen molar-refractivity contribution in [2.24, 2.45) is 5.73 Å². The molecule has 0 unspecified atom stereocenters. The van der Waals surface area contributed by atoms with E-state index in [1.165, 1.54) is 5.56 Å². The smallest absolute Gasteiger partial charge is 0.317 e. The monoisotopic (exact) mass is 332 g/mol. The highest BCUT2D eigenvalue weighted by Crippen LogP contribution is 2.18. The van der Waals surface area contributed by atoms with Crippen LogP contribution in [0, 0.1) is 0 Å². The SMILES string of the molecule is CC(C)c1ccc(OCCN(C)c2nnc(CCCCN)o2)cc1. The lowest BCUT2D eigenvalue weighted by Crippen LogP contribution is -2.24. The Bertz CT molecular complexity index is 595. The number of hydrogen-bond acceptors (Lipinski definition) is 6. The standard InChI is InChI=1S/C18H28N4O2/c1-14(2)15-7-9-16(10-8-15)23-13-12-22(3)18-21-20-17(24-18)6-4-5-11-19/h7-10,14H,4-6,11-13,19H2,1-3H3. The van der Waals surface area contributed by atoms with Crippen molar-refractivity contribution < 1.29 is 9.15 Å². The highest BCUT2D eigenvalue weighted by Gasteiger charge is 2.10. The van der Waals surface area contributed by atoms with E-state index in [9.17, 15) is 0 Å². The van der Waals surface area contributed by atoms with Crippen LogP contribution >= 0.6 is 0 Å². The lowest BCUT2D eigenvalue weighted by molar-refractivity contribution is 0.322. The summed E-state index contributed by atoms with van der Waals surface area (Å²) in [5, 5.41) is 8.14. The van der Waals surface area contributed by atoms with Gasteiger partial charge >= 0.3 is 6.01 Å². The third kappa shape index (κ3) is 5.53. The Morgan fingerprint density at radius 3 is 2.58 bits per heavy atom. The second kappa shape index (κ2) is 9.27. The molecular weight excluding hydrogens is 304 g/mol. The molecule has 132 valence electrons. The maximum Gasteiger partial charge on any atom is 0.317 e. The zero-order chi connectivity index (χ0) is 17.4. The molecule has 1 heterocycles. The lowest BCUT2D eigenvalue weighted by atomic mass is 10.0. The van der Waals surface area contributed by atoms with Crippen LogP contribution in [0.2, 0.25) is 0 Å². The van der Waals surface area contributed by atoms with Gasteiger partial charge in [0, 0.05) is 13.5 Å². The number of aromatic nitrogens is 2. The van der Waals surface area contributed by atoms with Crippen molar-refractivity contribution in [2.45, 2.75) is 39.0 Å². The van der Waals surface area contributed by atoms with Crippen LogP contribution in [0.4, 0.5) is 6.01 Å². The molecule has 6 nitrogen and oxygen atoms in total. The predicted molar refractivity (Wildman–Crippen MR) is 95.6 cm³/mol. The van der Waals surface area contributed by atoms with Crippen LogP contribution in [0.1, 0.15) is 44.1 Å². The van der Waals surface area contributed by atoms with Gasteiger partial charge in [-0.25, -0.2) is 0 Å². The largest absolute Gasteiger partial charge is 0.492 e. The molecule has 0 saturated carbocycles. The van der Waals surface area contributed by atoms with Crippen LogP contribution in [0.15, 0.2) is 28.7 Å². The molecule has 0 bridgehead atoms. The molecule has 2 rings (SSSR count). The minimum Gasteiger partial charge on any atom is -0.492 e. The quantitative estimate of drug-likeness (QED) is 0.674. The minimum absolute atomic E-state index is 0.525. The molecular formula is C18H28N4O2. The van der Waals surface area contributed by atoms with Gasteiger partial charge < -0.3 is 19.8 Å². The molecule has 0 amide bonds. The van der Waals surface area contributed by atoms with E-state index < -0.39 is 0 Å². The number of benzene rings is 1. The van der Waals surface area contributed by atoms with Crippen molar-refractivity contribution in [3.63, 3.8) is 0 Å². The van der Waals surface area contributed by atoms with E-state index in [4.69, 9.17) is 14.9 Å². The Kier molecular flexibility index (Phi) is 7.06. The van der Waals surface area contributed by atoms with Gasteiger partial charge in [0.15, 0.2) is 0 Å². The van der Waals surface area contributed by atoms with E-state index in [0.29, 0.717) is 37.5 Å². The number of nitrogens with two attached hydrogens (primary N) is 1. The maximum atomic E-state index is 5.77. The zero-order valence-electron chi connectivity index (χ0n) is 14.9. The summed E-state index contributed by atoms with van der Waals surface area (Å²) in [6.07, 6.45) is 2.71. The first kappa shape index (κ1) is 18.3. The van der Waals surface area contributed by atoms with Gasteiger partial charge in [0.1, 0.15) is 12.4 Å². The van der Waals surface area contributed by atoms with Gasteiger partial charge in [-0.2, -0.15) is 0 Å². The second-order valence-corrected chi connectivity index (χ2v) is 6.22. The van der Waals surface area contributed by atoms with Crippen molar-refractivity contribution in [1.29, 1.82) is 0 Å². The summed E-state index contributed by atoms with van der Waals surface area (Å²) in [6, 6.07) is 8.76. The fourth-order valence-electron chi connectivity index (χ4n) is 2.27. The summed E-state index contributed by atoms with van der Waals surface area (Å²) in [7, 11) is 1.92. The summed E-state index contributed by atoms with van der Waals surface area (Å²) >= 11 is 0. The molecule has 0 aliphatic heterocycles. The van der Waals surface area contributed by atoms with Gasteiger partial charge in [-0.15, -0.1) is 5.10 Å². The summed E-state index contributed by atoms with van der Waals surface area (Å²) < 4.78 is 11.4. The van der Waals surface area contributed by atoms with Crippen molar-refractivity contribution >= 4 is 6.01 Å². The molecule has 0 fully saturated rings. The summed E-state index contributed by atoms with van der Waals surface area (Å²) in [6.45, 7) is 6.29. The first-order chi connectivity index (χ1) is 11.6. The van der Waals surface area contributed by atoms with Gasteiger partial charge in [0.05, 0.1) is 6.54 Å². The Labute approximate surface area is 144 Å². The Morgan fingerprint density at radius 1 is 1.17 bits per heavy atom. The molecule has 0 aliphatic carbocycles. The van der Waals surface area contributed by atoms with E-state index >= 15 is 0 Å². The number of ether oxygens (including phenoxy) is 1. The number of aryl methyl sites for hydroxylation is 1. The number of hydrogen-bond donors (Lipinski definition) is 1. The highest BCUT2D eigenvalue weighted by molar-refractivity contribution is 5.29. The Balaban J connectivity index is 1.75. The molecule has 0 radical (unpaired) electrons. The number of nitrogens with zero attached hydrogens (tertiary/aromatic N) is 3. The molecule has 0 aliphatic rings. The maximum absolute atomic E-state index is 5.77. The summed E-state index contributed by atoms with van der Waals surface area (Å²) in [5.74, 6) is 2.07. The fraction of sp³-hybridized carbons (Fsp3) is 0.556. The average Bonchev–Trinajstić information content (AvgIpc) is 3.04. The number of unbranched alkanes of at least 4 members (excludes halogenated alkanes) is 1. The van der Waals surface area contributed by atoms with E-state index in [1.807, 2.05) is 24.1 Å². The molecule has 2 aromatic rings. The fourth-order valence-corrected chi connectivity index (χ4v) is 2.27. The second-order valence-electron chi connectivity index (χ2n) is 6.22. The normalized spacial score (nSPS) is 11.0. The molecule has 2 N–H and O–H groups in total. The van der Waals surface area contributed by atoms with E-state index in [1.54, 1.807) is 0 Å². The average molecular weight is 332 g/mol. The molecule has 6 heteroatoms. The van der Waals surface area contributed by atoms with Gasteiger partial charge in [-0.05, 0) is 43.0 Å². The van der Waals surface area contributed by atoms with Gasteiger partial charge in [0.25, 0.3) is 0 Å².